The molecule has 2 aromatic rings. The van der Waals surface area contributed by atoms with Crippen molar-refractivity contribution in [2.75, 3.05) is 18.4 Å². The highest BCUT2D eigenvalue weighted by atomic mass is 16.6. The van der Waals surface area contributed by atoms with E-state index in [2.05, 4.69) is 30.1 Å². The fourth-order valence-corrected chi connectivity index (χ4v) is 3.35. The van der Waals surface area contributed by atoms with Crippen molar-refractivity contribution in [1.82, 2.24) is 4.90 Å². The maximum Gasteiger partial charge on any atom is 0.417 e. The minimum Gasteiger partial charge on any atom is -0.410 e. The number of nitrogens with one attached hydrogen (secondary N) is 1. The van der Waals surface area contributed by atoms with Crippen molar-refractivity contribution in [3.8, 4) is 5.75 Å². The number of hydrogen-bond acceptors (Lipinski definition) is 3. The second-order valence-electron chi connectivity index (χ2n) is 6.88. The molecule has 0 spiro atoms. The second-order valence-corrected chi connectivity index (χ2v) is 6.88. The number of hydrogen-bond donors (Lipinski definition) is 1. The van der Waals surface area contributed by atoms with Gasteiger partial charge in [0.2, 0.25) is 0 Å². The van der Waals surface area contributed by atoms with Crippen molar-refractivity contribution in [3.05, 3.63) is 60.2 Å². The third-order valence-corrected chi connectivity index (χ3v) is 4.74. The number of para-hydroxylation sites is 1. The van der Waals surface area contributed by atoms with Crippen LogP contribution >= 0.6 is 0 Å². The minimum atomic E-state index is -0.462. The van der Waals surface area contributed by atoms with Crippen molar-refractivity contribution >= 4 is 11.8 Å². The monoisotopic (exact) mass is 338 g/mol. The summed E-state index contributed by atoms with van der Waals surface area (Å²) in [5.41, 5.74) is 1.97. The molecule has 1 heterocycles. The number of piperidine rings is 1. The maximum absolute atomic E-state index is 12.1. The fraction of sp³-hybridized carbons (Fsp3) is 0.381. The lowest BCUT2D eigenvalue weighted by Crippen LogP contribution is -2.39. The highest BCUT2D eigenvalue weighted by molar-refractivity contribution is 5.86. The first-order valence-electron chi connectivity index (χ1n) is 8.99. The number of amides is 1. The van der Waals surface area contributed by atoms with Crippen LogP contribution in [0.5, 0.6) is 5.75 Å². The zero-order valence-electron chi connectivity index (χ0n) is 14.9. The molecule has 1 unspecified atom stereocenters. The van der Waals surface area contributed by atoms with E-state index in [1.807, 2.05) is 48.5 Å². The van der Waals surface area contributed by atoms with E-state index in [0.717, 1.165) is 12.2 Å². The number of ether oxygens (including phenoxy) is 1. The average molecular weight is 338 g/mol. The molecule has 4 nitrogen and oxygen atoms in total. The molecule has 25 heavy (non-hydrogen) atoms. The van der Waals surface area contributed by atoms with Crippen molar-refractivity contribution in [2.45, 2.75) is 38.6 Å². The van der Waals surface area contributed by atoms with Crippen LogP contribution < -0.4 is 10.1 Å². The summed E-state index contributed by atoms with van der Waals surface area (Å²) in [5, 5.41) is 2.74. The van der Waals surface area contributed by atoms with Crippen LogP contribution in [0.1, 0.15) is 38.2 Å². The third-order valence-electron chi connectivity index (χ3n) is 4.74. The van der Waals surface area contributed by atoms with Crippen LogP contribution in [-0.4, -0.2) is 30.1 Å². The number of carbonyl (C=O) groups excluding carboxylic acids is 1. The summed E-state index contributed by atoms with van der Waals surface area (Å²) in [6, 6.07) is 17.8. The van der Waals surface area contributed by atoms with Gasteiger partial charge in [-0.2, -0.15) is 0 Å². The van der Waals surface area contributed by atoms with Gasteiger partial charge in [0.05, 0.1) is 0 Å². The molecule has 1 aliphatic heterocycles. The van der Waals surface area contributed by atoms with Crippen LogP contribution in [0, 0.1) is 0 Å². The predicted octanol–water partition coefficient (Wildman–Crippen LogP) is 4.89. The largest absolute Gasteiger partial charge is 0.417 e. The third kappa shape index (κ3) is 4.83. The Balaban J connectivity index is 1.64. The van der Waals surface area contributed by atoms with E-state index in [9.17, 15) is 4.79 Å². The molecule has 0 aromatic heterocycles. The molecule has 1 amide bonds. The lowest BCUT2D eigenvalue weighted by molar-refractivity contribution is 0.167. The van der Waals surface area contributed by atoms with Gasteiger partial charge in [0, 0.05) is 18.3 Å². The average Bonchev–Trinajstić information content (AvgIpc) is 2.63. The summed E-state index contributed by atoms with van der Waals surface area (Å²) in [6.45, 7) is 6.73. The van der Waals surface area contributed by atoms with Gasteiger partial charge in [-0.05, 0) is 69.0 Å². The highest BCUT2D eigenvalue weighted by Crippen LogP contribution is 2.30. The van der Waals surface area contributed by atoms with Crippen LogP contribution in [0.15, 0.2) is 54.6 Å². The molecule has 1 N–H and O–H groups in total. The number of nitrogens with zero attached hydrogens (tertiary/aromatic N) is 1. The van der Waals surface area contributed by atoms with Gasteiger partial charge >= 0.3 is 6.09 Å². The van der Waals surface area contributed by atoms with Crippen molar-refractivity contribution in [2.24, 2.45) is 0 Å². The molecular formula is C21H26N2O2. The molecule has 0 radical (unpaired) electrons. The number of anilines is 1. The number of rotatable bonds is 4. The van der Waals surface area contributed by atoms with E-state index in [1.165, 1.54) is 24.9 Å². The Morgan fingerprint density at radius 1 is 1.16 bits per heavy atom. The van der Waals surface area contributed by atoms with Gasteiger partial charge in [0.15, 0.2) is 0 Å². The van der Waals surface area contributed by atoms with Crippen LogP contribution in [0.3, 0.4) is 0 Å². The van der Waals surface area contributed by atoms with Crippen molar-refractivity contribution in [1.29, 1.82) is 0 Å². The van der Waals surface area contributed by atoms with Gasteiger partial charge in [-0.3, -0.25) is 5.32 Å². The smallest absolute Gasteiger partial charge is 0.410 e. The number of carbonyl (C=O) groups is 1. The Bertz CT molecular complexity index is 700. The number of benzene rings is 2. The molecule has 2 aromatic carbocycles. The standard InChI is InChI=1S/C21H26N2O2/c1-16(2)23-13-7-9-18(15-23)17-8-6-12-20(14-17)25-21(24)22-19-10-4-3-5-11-19/h3-6,8,10-12,14,16,18H,7,9,13,15H2,1-2H3,(H,22,24). The molecule has 1 saturated heterocycles. The minimum absolute atomic E-state index is 0.462. The van der Waals surface area contributed by atoms with Gasteiger partial charge in [-0.1, -0.05) is 30.3 Å². The fourth-order valence-electron chi connectivity index (χ4n) is 3.35. The summed E-state index contributed by atoms with van der Waals surface area (Å²) in [4.78, 5) is 14.6. The molecule has 132 valence electrons. The van der Waals surface area contributed by atoms with Gasteiger partial charge in [0.1, 0.15) is 5.75 Å². The molecule has 0 saturated carbocycles. The first kappa shape index (κ1) is 17.5. The van der Waals surface area contributed by atoms with Crippen LogP contribution in [0.25, 0.3) is 0 Å². The molecule has 3 rings (SSSR count). The van der Waals surface area contributed by atoms with E-state index >= 15 is 0 Å². The zero-order valence-corrected chi connectivity index (χ0v) is 14.9. The maximum atomic E-state index is 12.1. The topological polar surface area (TPSA) is 41.6 Å². The van der Waals surface area contributed by atoms with E-state index in [0.29, 0.717) is 17.7 Å². The normalized spacial score (nSPS) is 18.1. The summed E-state index contributed by atoms with van der Waals surface area (Å²) in [5.74, 6) is 1.09. The summed E-state index contributed by atoms with van der Waals surface area (Å²) >= 11 is 0. The Hall–Kier alpha value is -2.33. The lowest BCUT2D eigenvalue weighted by Gasteiger charge is -2.35. The molecule has 0 bridgehead atoms. The number of likely N-dealkylation sites (tertiary alicyclic amines) is 1. The molecule has 0 aliphatic carbocycles. The molecule has 1 fully saturated rings. The predicted molar refractivity (Wildman–Crippen MR) is 101 cm³/mol. The van der Waals surface area contributed by atoms with Crippen molar-refractivity contribution in [3.63, 3.8) is 0 Å². The first-order chi connectivity index (χ1) is 12.1. The summed E-state index contributed by atoms with van der Waals surface area (Å²) < 4.78 is 5.46. The molecule has 1 aliphatic rings. The van der Waals surface area contributed by atoms with Gasteiger partial charge in [-0.25, -0.2) is 4.79 Å². The van der Waals surface area contributed by atoms with Crippen LogP contribution in [-0.2, 0) is 0 Å². The Labute approximate surface area is 149 Å². The van der Waals surface area contributed by atoms with Gasteiger partial charge in [0.25, 0.3) is 0 Å². The van der Waals surface area contributed by atoms with Gasteiger partial charge in [-0.15, -0.1) is 0 Å². The first-order valence-corrected chi connectivity index (χ1v) is 8.99. The molecule has 4 heteroatoms. The zero-order chi connectivity index (χ0) is 17.6. The van der Waals surface area contributed by atoms with E-state index < -0.39 is 6.09 Å². The Morgan fingerprint density at radius 2 is 1.96 bits per heavy atom. The summed E-state index contributed by atoms with van der Waals surface area (Å²) in [6.07, 6.45) is 1.93. The quantitative estimate of drug-likeness (QED) is 0.863. The second kappa shape index (κ2) is 8.17. The van der Waals surface area contributed by atoms with Crippen LogP contribution in [0.2, 0.25) is 0 Å². The Morgan fingerprint density at radius 3 is 2.72 bits per heavy atom. The van der Waals surface area contributed by atoms with E-state index in [1.54, 1.807) is 0 Å². The van der Waals surface area contributed by atoms with E-state index in [4.69, 9.17) is 4.74 Å². The highest BCUT2D eigenvalue weighted by Gasteiger charge is 2.23. The van der Waals surface area contributed by atoms with Crippen LogP contribution in [0.4, 0.5) is 10.5 Å². The molecule has 1 atom stereocenters. The van der Waals surface area contributed by atoms with E-state index in [-0.39, 0.29) is 0 Å². The van der Waals surface area contributed by atoms with Gasteiger partial charge < -0.3 is 9.64 Å². The summed E-state index contributed by atoms with van der Waals surface area (Å²) in [7, 11) is 0. The lowest BCUT2D eigenvalue weighted by atomic mass is 9.90. The SMILES string of the molecule is CC(C)N1CCCC(c2cccc(OC(=O)Nc3ccccc3)c2)C1. The Kier molecular flexibility index (Phi) is 5.71. The molecular weight excluding hydrogens is 312 g/mol. The van der Waals surface area contributed by atoms with Crippen molar-refractivity contribution < 1.29 is 9.53 Å².